The third-order valence-corrected chi connectivity index (χ3v) is 6.40. The van der Waals surface area contributed by atoms with E-state index in [9.17, 15) is 9.59 Å². The number of hydrogen-bond donors (Lipinski definition) is 2. The van der Waals surface area contributed by atoms with Crippen LogP contribution in [0.4, 0.5) is 22.0 Å². The number of aryl methyl sites for hydroxylation is 2. The third-order valence-electron chi connectivity index (χ3n) is 5.90. The van der Waals surface area contributed by atoms with E-state index in [-0.39, 0.29) is 11.9 Å². The molecule has 1 saturated heterocycles. The van der Waals surface area contributed by atoms with Crippen molar-refractivity contribution in [1.29, 1.82) is 0 Å². The van der Waals surface area contributed by atoms with Gasteiger partial charge in [-0.3, -0.25) is 4.79 Å². The summed E-state index contributed by atoms with van der Waals surface area (Å²) >= 11 is 3.44. The Morgan fingerprint density at radius 2 is 1.68 bits per heavy atom. The Hall–Kier alpha value is -3.39. The highest BCUT2D eigenvalue weighted by atomic mass is 79.9. The second kappa shape index (κ2) is 10.7. The molecule has 4 rings (SSSR count). The lowest BCUT2D eigenvalue weighted by atomic mass is 10.1. The van der Waals surface area contributed by atoms with Crippen molar-refractivity contribution in [3.05, 3.63) is 82.0 Å². The molecule has 2 heterocycles. The monoisotopic (exact) mass is 521 g/mol. The summed E-state index contributed by atoms with van der Waals surface area (Å²) in [7, 11) is 0. The van der Waals surface area contributed by atoms with Crippen LogP contribution in [0, 0.1) is 13.8 Å². The number of carbonyl (C=O) groups excluding carboxylic acids is 2. The highest BCUT2D eigenvalue weighted by Crippen LogP contribution is 2.21. The fraction of sp³-hybridized carbons (Fsp3) is 0.269. The lowest BCUT2D eigenvalue weighted by molar-refractivity contribution is 0.0767. The van der Waals surface area contributed by atoms with Gasteiger partial charge in [0, 0.05) is 41.9 Å². The minimum Gasteiger partial charge on any atom is -0.355 e. The van der Waals surface area contributed by atoms with Crippen molar-refractivity contribution in [3.63, 3.8) is 0 Å². The van der Waals surface area contributed by atoms with Crippen molar-refractivity contribution >= 4 is 45.1 Å². The zero-order valence-corrected chi connectivity index (χ0v) is 20.9. The highest BCUT2D eigenvalue weighted by molar-refractivity contribution is 9.10. The van der Waals surface area contributed by atoms with E-state index in [0.29, 0.717) is 30.9 Å². The molecule has 1 fully saturated rings. The van der Waals surface area contributed by atoms with Crippen LogP contribution in [0.2, 0.25) is 0 Å². The molecule has 2 aromatic carbocycles. The predicted octanol–water partition coefficient (Wildman–Crippen LogP) is 5.46. The van der Waals surface area contributed by atoms with Crippen molar-refractivity contribution in [2.24, 2.45) is 0 Å². The molecule has 1 aromatic heterocycles. The van der Waals surface area contributed by atoms with E-state index in [2.05, 4.69) is 36.4 Å². The normalized spacial score (nSPS) is 13.9. The molecular formula is C26H28BrN5O2. The smallest absolute Gasteiger partial charge is 0.323 e. The molecule has 2 N–H and O–H groups in total. The van der Waals surface area contributed by atoms with E-state index in [1.165, 1.54) is 0 Å². The summed E-state index contributed by atoms with van der Waals surface area (Å²) in [6.07, 6.45) is 2.52. The van der Waals surface area contributed by atoms with Gasteiger partial charge >= 0.3 is 6.03 Å². The molecule has 0 aliphatic carbocycles. The highest BCUT2D eigenvalue weighted by Gasteiger charge is 2.21. The van der Waals surface area contributed by atoms with Gasteiger partial charge in [0.2, 0.25) is 0 Å². The number of nitrogens with one attached hydrogen (secondary N) is 2. The minimum absolute atomic E-state index is 0.0468. The molecule has 0 bridgehead atoms. The lowest BCUT2D eigenvalue weighted by Crippen LogP contribution is -2.35. The van der Waals surface area contributed by atoms with Crippen LogP contribution in [0.25, 0.3) is 0 Å². The standard InChI is InChI=1S/C26H28BrN5O2/c1-18-6-3-7-19(2)24(18)30-26(34)29-22-10-11-23(28-17-22)31-12-5-13-32(15-14-31)25(33)20-8-4-9-21(27)16-20/h3-4,6-11,16-17H,5,12-15H2,1-2H3,(H2,29,30,34). The molecule has 34 heavy (non-hydrogen) atoms. The fourth-order valence-corrected chi connectivity index (χ4v) is 4.49. The first kappa shape index (κ1) is 23.8. The topological polar surface area (TPSA) is 77.6 Å². The van der Waals surface area contributed by atoms with E-state index >= 15 is 0 Å². The second-order valence-corrected chi connectivity index (χ2v) is 9.31. The van der Waals surface area contributed by atoms with Crippen molar-refractivity contribution in [3.8, 4) is 0 Å². The molecule has 8 heteroatoms. The maximum absolute atomic E-state index is 12.9. The van der Waals surface area contributed by atoms with Gasteiger partial charge in [0.1, 0.15) is 5.82 Å². The van der Waals surface area contributed by atoms with E-state index in [4.69, 9.17) is 0 Å². The lowest BCUT2D eigenvalue weighted by Gasteiger charge is -2.23. The zero-order chi connectivity index (χ0) is 24.1. The van der Waals surface area contributed by atoms with E-state index in [1.807, 2.05) is 73.3 Å². The number of carbonyl (C=O) groups is 2. The molecule has 0 radical (unpaired) electrons. The Kier molecular flexibility index (Phi) is 7.47. The van der Waals surface area contributed by atoms with Gasteiger partial charge in [-0.15, -0.1) is 0 Å². The number of nitrogens with zero attached hydrogens (tertiary/aromatic N) is 3. The van der Waals surface area contributed by atoms with Gasteiger partial charge in [0.05, 0.1) is 11.9 Å². The van der Waals surface area contributed by atoms with E-state index in [1.54, 1.807) is 6.20 Å². The van der Waals surface area contributed by atoms with Crippen molar-refractivity contribution < 1.29 is 9.59 Å². The molecule has 176 valence electrons. The van der Waals surface area contributed by atoms with Crippen molar-refractivity contribution in [2.45, 2.75) is 20.3 Å². The molecule has 1 aliphatic heterocycles. The summed E-state index contributed by atoms with van der Waals surface area (Å²) in [6, 6.07) is 16.8. The van der Waals surface area contributed by atoms with E-state index in [0.717, 1.165) is 40.1 Å². The van der Waals surface area contributed by atoms with Crippen LogP contribution in [0.1, 0.15) is 27.9 Å². The van der Waals surface area contributed by atoms with Gasteiger partial charge < -0.3 is 20.4 Å². The SMILES string of the molecule is Cc1cccc(C)c1NC(=O)Nc1ccc(N2CCCN(C(=O)c3cccc(Br)c3)CC2)nc1. The summed E-state index contributed by atoms with van der Waals surface area (Å²) in [5, 5.41) is 5.76. The fourth-order valence-electron chi connectivity index (χ4n) is 4.09. The number of pyridine rings is 1. The first-order valence-electron chi connectivity index (χ1n) is 11.3. The largest absolute Gasteiger partial charge is 0.355 e. The maximum atomic E-state index is 12.9. The minimum atomic E-state index is -0.302. The number of benzene rings is 2. The Morgan fingerprint density at radius 1 is 0.912 bits per heavy atom. The summed E-state index contributed by atoms with van der Waals surface area (Å²) in [5.74, 6) is 0.878. The quantitative estimate of drug-likeness (QED) is 0.477. The zero-order valence-electron chi connectivity index (χ0n) is 19.3. The van der Waals surface area contributed by atoms with Gasteiger partial charge in [0.15, 0.2) is 0 Å². The summed E-state index contributed by atoms with van der Waals surface area (Å²) in [6.45, 7) is 6.79. The van der Waals surface area contributed by atoms with Gasteiger partial charge in [-0.05, 0) is 61.7 Å². The van der Waals surface area contributed by atoms with Crippen molar-refractivity contribution in [1.82, 2.24) is 9.88 Å². The number of rotatable bonds is 4. The number of anilines is 3. The summed E-state index contributed by atoms with van der Waals surface area (Å²) in [4.78, 5) is 34.0. The molecule has 3 amide bonds. The number of aromatic nitrogens is 1. The first-order valence-corrected chi connectivity index (χ1v) is 12.1. The summed E-state index contributed by atoms with van der Waals surface area (Å²) < 4.78 is 0.899. The van der Waals surface area contributed by atoms with Gasteiger partial charge in [-0.25, -0.2) is 9.78 Å². The Morgan fingerprint density at radius 3 is 2.38 bits per heavy atom. The molecule has 1 aliphatic rings. The molecule has 3 aromatic rings. The molecule has 0 spiro atoms. The van der Waals surface area contributed by atoms with Crippen molar-refractivity contribution in [2.75, 3.05) is 41.7 Å². The van der Waals surface area contributed by atoms with Gasteiger partial charge in [0.25, 0.3) is 5.91 Å². The van der Waals surface area contributed by atoms with E-state index < -0.39 is 0 Å². The average molecular weight is 522 g/mol. The number of para-hydroxylation sites is 1. The van der Waals surface area contributed by atoms with Crippen LogP contribution >= 0.6 is 15.9 Å². The molecule has 7 nitrogen and oxygen atoms in total. The molecular weight excluding hydrogens is 494 g/mol. The molecule has 0 unspecified atom stereocenters. The van der Waals surface area contributed by atoms with Crippen LogP contribution in [0.15, 0.2) is 65.3 Å². The maximum Gasteiger partial charge on any atom is 0.323 e. The van der Waals surface area contributed by atoms with Gasteiger partial charge in [-0.1, -0.05) is 40.2 Å². The Balaban J connectivity index is 1.34. The number of urea groups is 1. The molecule has 0 saturated carbocycles. The first-order chi connectivity index (χ1) is 16.4. The number of amides is 3. The predicted molar refractivity (Wildman–Crippen MR) is 140 cm³/mol. The Bertz CT molecular complexity index is 1160. The van der Waals surface area contributed by atoms with Crippen LogP contribution in [0.3, 0.4) is 0 Å². The van der Waals surface area contributed by atoms with Crippen LogP contribution in [-0.4, -0.2) is 48.0 Å². The molecule has 0 atom stereocenters. The number of halogens is 1. The van der Waals surface area contributed by atoms with Crippen LogP contribution < -0.4 is 15.5 Å². The van der Waals surface area contributed by atoms with Crippen LogP contribution in [-0.2, 0) is 0 Å². The number of hydrogen-bond acceptors (Lipinski definition) is 4. The second-order valence-electron chi connectivity index (χ2n) is 8.39. The Labute approximate surface area is 208 Å². The summed E-state index contributed by atoms with van der Waals surface area (Å²) in [5.41, 5.74) is 4.15. The third kappa shape index (κ3) is 5.75. The van der Waals surface area contributed by atoms with Crippen LogP contribution in [0.5, 0.6) is 0 Å². The average Bonchev–Trinajstić information content (AvgIpc) is 3.08. The van der Waals surface area contributed by atoms with Gasteiger partial charge in [-0.2, -0.15) is 0 Å².